The fourth-order valence-corrected chi connectivity index (χ4v) is 4.72. The standard InChI is InChI=1S/C29H41N9O10S/c1-49-7-6-19(27(45)38-22(29(47)48)9-16-11-32-14-34-16)35-24(42)12-33-26(44)20(8-15-2-4-17(40)5-3-15)37-28(46)21(10-23(31)41)36-25(43)18(30)13-39/h2-5,11,14,18-22,39-40H,6-10,12-13,30H2,1H3,(H2,31,41)(H,32,34)(H,33,44)(H,35,42)(H,36,43)(H,37,46)(H,38,45)(H,47,48)/t18-,19-,20-,21-,22-/m0/s1. The van der Waals surface area contributed by atoms with Crippen LogP contribution < -0.4 is 38.1 Å². The fourth-order valence-electron chi connectivity index (χ4n) is 4.25. The Morgan fingerprint density at radius 1 is 0.878 bits per heavy atom. The van der Waals surface area contributed by atoms with Crippen molar-refractivity contribution < 1.29 is 48.9 Å². The lowest BCUT2D eigenvalue weighted by Gasteiger charge is -2.24. The molecule has 19 nitrogen and oxygen atoms in total. The van der Waals surface area contributed by atoms with E-state index in [0.29, 0.717) is 17.0 Å². The molecule has 0 fully saturated rings. The number of nitrogens with two attached hydrogens (primary N) is 2. The summed E-state index contributed by atoms with van der Waals surface area (Å²) in [5, 5.41) is 40.2. The number of aliphatic carboxylic acids is 1. The number of amides is 6. The molecule has 5 atom stereocenters. The molecule has 2 rings (SSSR count). The number of benzene rings is 1. The first-order chi connectivity index (χ1) is 23.2. The number of primary amides is 1. The molecule has 13 N–H and O–H groups in total. The maximum atomic E-state index is 13.3. The van der Waals surface area contributed by atoms with Gasteiger partial charge in [0, 0.05) is 24.7 Å². The van der Waals surface area contributed by atoms with Crippen LogP contribution in [0.5, 0.6) is 5.75 Å². The van der Waals surface area contributed by atoms with Crippen LogP contribution in [0, 0.1) is 0 Å². The van der Waals surface area contributed by atoms with Crippen molar-refractivity contribution in [2.45, 2.75) is 55.9 Å². The number of rotatable bonds is 21. The number of nitrogens with zero attached hydrogens (tertiary/aromatic N) is 1. The number of carbonyl (C=O) groups excluding carboxylic acids is 6. The molecule has 0 bridgehead atoms. The van der Waals surface area contributed by atoms with Gasteiger partial charge in [-0.15, -0.1) is 0 Å². The van der Waals surface area contributed by atoms with Crippen LogP contribution in [0.2, 0.25) is 0 Å². The van der Waals surface area contributed by atoms with E-state index < -0.39 is 91.2 Å². The van der Waals surface area contributed by atoms with Gasteiger partial charge in [-0.3, -0.25) is 28.8 Å². The Morgan fingerprint density at radius 2 is 1.51 bits per heavy atom. The molecule has 2 aromatic rings. The Kier molecular flexibility index (Phi) is 16.5. The molecular formula is C29H41N9O10S. The zero-order valence-electron chi connectivity index (χ0n) is 26.5. The molecule has 0 aliphatic rings. The van der Waals surface area contributed by atoms with Crippen molar-refractivity contribution in [1.29, 1.82) is 0 Å². The summed E-state index contributed by atoms with van der Waals surface area (Å²) in [6.07, 6.45) is 3.75. The summed E-state index contributed by atoms with van der Waals surface area (Å²) in [6.45, 7) is -1.41. The first-order valence-electron chi connectivity index (χ1n) is 14.8. The summed E-state index contributed by atoms with van der Waals surface area (Å²) >= 11 is 1.38. The molecule has 0 aliphatic heterocycles. The van der Waals surface area contributed by atoms with E-state index in [1.165, 1.54) is 48.6 Å². The normalized spacial score (nSPS) is 13.9. The van der Waals surface area contributed by atoms with Crippen LogP contribution >= 0.6 is 11.8 Å². The second-order valence-electron chi connectivity index (χ2n) is 10.8. The molecule has 0 radical (unpaired) electrons. The zero-order chi connectivity index (χ0) is 36.5. The highest BCUT2D eigenvalue weighted by Gasteiger charge is 2.31. The molecule has 268 valence electrons. The molecule has 1 heterocycles. The molecule has 6 amide bonds. The van der Waals surface area contributed by atoms with Crippen LogP contribution in [0.3, 0.4) is 0 Å². The van der Waals surface area contributed by atoms with E-state index in [1.807, 2.05) is 0 Å². The van der Waals surface area contributed by atoms with Gasteiger partial charge in [0.1, 0.15) is 36.0 Å². The van der Waals surface area contributed by atoms with E-state index in [1.54, 1.807) is 6.26 Å². The number of phenolic OH excluding ortho intramolecular Hbond substituents is 1. The molecule has 0 saturated carbocycles. The van der Waals surface area contributed by atoms with Crippen LogP contribution in [0.4, 0.5) is 0 Å². The Labute approximate surface area is 284 Å². The third-order valence-corrected chi connectivity index (χ3v) is 7.50. The van der Waals surface area contributed by atoms with Crippen molar-refractivity contribution in [2.24, 2.45) is 11.5 Å². The number of aromatic amines is 1. The first-order valence-corrected chi connectivity index (χ1v) is 16.2. The lowest BCUT2D eigenvalue weighted by atomic mass is 10.0. The summed E-state index contributed by atoms with van der Waals surface area (Å²) in [7, 11) is 0. The van der Waals surface area contributed by atoms with Crippen LogP contribution in [0.25, 0.3) is 0 Å². The van der Waals surface area contributed by atoms with Crippen LogP contribution in [-0.2, 0) is 46.4 Å². The summed E-state index contributed by atoms with van der Waals surface area (Å²) in [4.78, 5) is 94.6. The lowest BCUT2D eigenvalue weighted by Crippen LogP contribution is -2.58. The van der Waals surface area contributed by atoms with E-state index in [2.05, 4.69) is 36.6 Å². The second kappa shape index (κ2) is 20.2. The second-order valence-corrected chi connectivity index (χ2v) is 11.7. The third kappa shape index (κ3) is 14.2. The van der Waals surface area contributed by atoms with E-state index in [-0.39, 0.29) is 25.0 Å². The van der Waals surface area contributed by atoms with Gasteiger partial charge in [-0.25, -0.2) is 9.78 Å². The average molecular weight is 708 g/mol. The number of thioether (sulfide) groups is 1. The Hall–Kier alpha value is -5.21. The number of carbonyl (C=O) groups is 7. The minimum absolute atomic E-state index is 0.0639. The predicted octanol–water partition coefficient (Wildman–Crippen LogP) is -4.01. The van der Waals surface area contributed by atoms with Gasteiger partial charge in [0.2, 0.25) is 35.4 Å². The number of aliphatic hydroxyl groups excluding tert-OH is 1. The Balaban J connectivity index is 2.16. The van der Waals surface area contributed by atoms with Crippen LogP contribution in [-0.4, -0.2) is 122 Å². The topological polar surface area (TPSA) is 321 Å². The molecule has 1 aromatic heterocycles. The number of imidazole rings is 1. The number of carboxylic acid groups (broad SMARTS) is 1. The number of aromatic nitrogens is 2. The Morgan fingerprint density at radius 3 is 2.08 bits per heavy atom. The van der Waals surface area contributed by atoms with Gasteiger partial charge >= 0.3 is 5.97 Å². The summed E-state index contributed by atoms with van der Waals surface area (Å²) in [5.41, 5.74) is 11.6. The number of hydrogen-bond donors (Lipinski definition) is 11. The third-order valence-electron chi connectivity index (χ3n) is 6.86. The van der Waals surface area contributed by atoms with Gasteiger partial charge in [0.15, 0.2) is 0 Å². The van der Waals surface area contributed by atoms with Gasteiger partial charge in [-0.1, -0.05) is 12.1 Å². The monoisotopic (exact) mass is 707 g/mol. The van der Waals surface area contributed by atoms with E-state index in [9.17, 15) is 43.8 Å². The van der Waals surface area contributed by atoms with Gasteiger partial charge in [-0.2, -0.15) is 11.8 Å². The molecule has 49 heavy (non-hydrogen) atoms. The first kappa shape index (κ1) is 40.0. The maximum absolute atomic E-state index is 13.3. The molecule has 1 aromatic carbocycles. The number of hydrogen-bond acceptors (Lipinski definition) is 12. The quantitative estimate of drug-likeness (QED) is 0.0590. The smallest absolute Gasteiger partial charge is 0.326 e. The molecule has 0 unspecified atom stereocenters. The van der Waals surface area contributed by atoms with Gasteiger partial charge in [0.05, 0.1) is 25.9 Å². The zero-order valence-corrected chi connectivity index (χ0v) is 27.3. The minimum atomic E-state index is -1.57. The maximum Gasteiger partial charge on any atom is 0.326 e. The highest BCUT2D eigenvalue weighted by molar-refractivity contribution is 7.98. The van der Waals surface area contributed by atoms with Crippen LogP contribution in [0.1, 0.15) is 24.1 Å². The van der Waals surface area contributed by atoms with Gasteiger partial charge < -0.3 is 58.4 Å². The van der Waals surface area contributed by atoms with Crippen LogP contribution in [0.15, 0.2) is 36.8 Å². The van der Waals surface area contributed by atoms with Crippen molar-refractivity contribution in [2.75, 3.05) is 25.2 Å². The number of phenols is 1. The van der Waals surface area contributed by atoms with Crippen molar-refractivity contribution in [3.63, 3.8) is 0 Å². The number of carboxylic acids is 1. The van der Waals surface area contributed by atoms with Crippen molar-refractivity contribution >= 4 is 53.2 Å². The van der Waals surface area contributed by atoms with Crippen molar-refractivity contribution in [1.82, 2.24) is 36.6 Å². The number of H-pyrrole nitrogens is 1. The molecule has 0 aliphatic carbocycles. The molecule has 0 saturated heterocycles. The summed E-state index contributed by atoms with van der Waals surface area (Å²) in [5.74, 6) is -6.31. The summed E-state index contributed by atoms with van der Waals surface area (Å²) < 4.78 is 0. The summed E-state index contributed by atoms with van der Waals surface area (Å²) in [6, 6.07) is -1.22. The number of aliphatic hydroxyl groups is 1. The van der Waals surface area contributed by atoms with Crippen molar-refractivity contribution in [3.05, 3.63) is 48.0 Å². The average Bonchev–Trinajstić information content (AvgIpc) is 3.57. The predicted molar refractivity (Wildman–Crippen MR) is 174 cm³/mol. The SMILES string of the molecule is CSCC[C@H](NC(=O)CNC(=O)[C@H](Cc1ccc(O)cc1)NC(=O)[C@H](CC(N)=O)NC(=O)[C@@H](N)CO)C(=O)N[C@@H](Cc1cnc[nH]1)C(=O)O. The molecule has 0 spiro atoms. The van der Waals surface area contributed by atoms with Gasteiger partial charge in [-0.05, 0) is 36.1 Å². The fraction of sp³-hybridized carbons (Fsp3) is 0.448. The Bertz CT molecular complexity index is 1440. The number of aromatic hydroxyl groups is 1. The largest absolute Gasteiger partial charge is 0.508 e. The highest BCUT2D eigenvalue weighted by Crippen LogP contribution is 2.12. The number of nitrogens with one attached hydrogen (secondary N) is 6. The molecule has 20 heteroatoms. The highest BCUT2D eigenvalue weighted by atomic mass is 32.2. The lowest BCUT2D eigenvalue weighted by molar-refractivity contribution is -0.142. The minimum Gasteiger partial charge on any atom is -0.508 e. The molecular weight excluding hydrogens is 666 g/mol. The van der Waals surface area contributed by atoms with E-state index >= 15 is 0 Å². The van der Waals surface area contributed by atoms with E-state index in [0.717, 1.165) is 0 Å². The van der Waals surface area contributed by atoms with E-state index in [4.69, 9.17) is 16.6 Å². The van der Waals surface area contributed by atoms with Crippen molar-refractivity contribution in [3.8, 4) is 5.75 Å². The van der Waals surface area contributed by atoms with Gasteiger partial charge in [0.25, 0.3) is 0 Å².